The maximum Gasteiger partial charge on any atom is 0.133 e. The van der Waals surface area contributed by atoms with E-state index in [0.717, 1.165) is 5.56 Å². The fourth-order valence-corrected chi connectivity index (χ4v) is 1.20. The zero-order chi connectivity index (χ0) is 8.97. The summed E-state index contributed by atoms with van der Waals surface area (Å²) < 4.78 is 4.90. The van der Waals surface area contributed by atoms with Crippen LogP contribution in [0, 0.1) is 0 Å². The van der Waals surface area contributed by atoms with E-state index in [1.165, 1.54) is 0 Å². The highest BCUT2D eigenvalue weighted by molar-refractivity contribution is 6.30. The third-order valence-electron chi connectivity index (χ3n) is 1.53. The van der Waals surface area contributed by atoms with Crippen molar-refractivity contribution in [2.24, 2.45) is 5.73 Å². The summed E-state index contributed by atoms with van der Waals surface area (Å²) in [6, 6.07) is 3.45. The van der Waals surface area contributed by atoms with Crippen LogP contribution in [0.4, 0.5) is 0 Å². The zero-order valence-corrected chi connectivity index (χ0v) is 7.58. The summed E-state index contributed by atoms with van der Waals surface area (Å²) >= 11 is 5.81. The minimum absolute atomic E-state index is 0.198. The number of rotatable bonds is 3. The average Bonchev–Trinajstić information content (AvgIpc) is 2.05. The standard InChI is InChI=1S/C8H11ClN2O/c1-12-5-7(10)6-3-2-4-11-8(6)9/h2-4,7H,5,10H2,1H3/t7-/m0/s1. The van der Waals surface area contributed by atoms with Gasteiger partial charge in [0.2, 0.25) is 0 Å². The molecule has 0 aliphatic rings. The molecule has 66 valence electrons. The number of aromatic nitrogens is 1. The topological polar surface area (TPSA) is 48.1 Å². The lowest BCUT2D eigenvalue weighted by molar-refractivity contribution is 0.181. The molecule has 0 saturated carbocycles. The quantitative estimate of drug-likeness (QED) is 0.726. The fourth-order valence-electron chi connectivity index (χ4n) is 0.944. The first-order valence-corrected chi connectivity index (χ1v) is 3.98. The van der Waals surface area contributed by atoms with Crippen molar-refractivity contribution in [2.45, 2.75) is 6.04 Å². The molecule has 0 radical (unpaired) electrons. The lowest BCUT2D eigenvalue weighted by Gasteiger charge is -2.10. The normalized spacial score (nSPS) is 12.9. The molecule has 2 N–H and O–H groups in total. The highest BCUT2D eigenvalue weighted by atomic mass is 35.5. The van der Waals surface area contributed by atoms with Crippen molar-refractivity contribution < 1.29 is 4.74 Å². The van der Waals surface area contributed by atoms with E-state index in [1.807, 2.05) is 6.07 Å². The molecule has 0 saturated heterocycles. The van der Waals surface area contributed by atoms with Gasteiger partial charge in [-0.2, -0.15) is 0 Å². The van der Waals surface area contributed by atoms with Crippen LogP contribution in [0.1, 0.15) is 11.6 Å². The summed E-state index contributed by atoms with van der Waals surface area (Å²) in [5, 5.41) is 0.446. The monoisotopic (exact) mass is 186 g/mol. The predicted octanol–water partition coefficient (Wildman–Crippen LogP) is 1.38. The lowest BCUT2D eigenvalue weighted by atomic mass is 10.1. The van der Waals surface area contributed by atoms with Gasteiger partial charge in [-0.3, -0.25) is 0 Å². The molecule has 0 amide bonds. The van der Waals surface area contributed by atoms with Crippen molar-refractivity contribution in [3.63, 3.8) is 0 Å². The van der Waals surface area contributed by atoms with Crippen LogP contribution >= 0.6 is 11.6 Å². The van der Waals surface area contributed by atoms with E-state index in [2.05, 4.69) is 4.98 Å². The maximum absolute atomic E-state index is 5.81. The van der Waals surface area contributed by atoms with Gasteiger partial charge in [0, 0.05) is 18.9 Å². The van der Waals surface area contributed by atoms with Crippen molar-refractivity contribution in [2.75, 3.05) is 13.7 Å². The van der Waals surface area contributed by atoms with Crippen LogP contribution in [0.5, 0.6) is 0 Å². The van der Waals surface area contributed by atoms with Gasteiger partial charge in [-0.15, -0.1) is 0 Å². The molecule has 1 atom stereocenters. The predicted molar refractivity (Wildman–Crippen MR) is 48.1 cm³/mol. The number of hydrogen-bond acceptors (Lipinski definition) is 3. The maximum atomic E-state index is 5.81. The summed E-state index contributed by atoms with van der Waals surface area (Å²) in [7, 11) is 1.60. The molecule has 0 bridgehead atoms. The van der Waals surface area contributed by atoms with Gasteiger partial charge in [0.25, 0.3) is 0 Å². The molecule has 1 rings (SSSR count). The van der Waals surface area contributed by atoms with E-state index in [-0.39, 0.29) is 6.04 Å². The number of methoxy groups -OCH3 is 1. The van der Waals surface area contributed by atoms with E-state index < -0.39 is 0 Å². The largest absolute Gasteiger partial charge is 0.383 e. The van der Waals surface area contributed by atoms with Crippen LogP contribution in [-0.4, -0.2) is 18.7 Å². The first-order valence-electron chi connectivity index (χ1n) is 3.60. The van der Waals surface area contributed by atoms with E-state index in [9.17, 15) is 0 Å². The second kappa shape index (κ2) is 4.40. The molecule has 1 aromatic heterocycles. The third-order valence-corrected chi connectivity index (χ3v) is 1.85. The van der Waals surface area contributed by atoms with Gasteiger partial charge < -0.3 is 10.5 Å². The van der Waals surface area contributed by atoms with Gasteiger partial charge in [0.1, 0.15) is 5.15 Å². The van der Waals surface area contributed by atoms with Crippen LogP contribution in [0.2, 0.25) is 5.15 Å². The summed E-state index contributed by atoms with van der Waals surface area (Å²) in [5.41, 5.74) is 6.58. The molecule has 0 aliphatic carbocycles. The lowest BCUT2D eigenvalue weighted by Crippen LogP contribution is -2.16. The molecule has 12 heavy (non-hydrogen) atoms. The van der Waals surface area contributed by atoms with Crippen LogP contribution < -0.4 is 5.73 Å². The van der Waals surface area contributed by atoms with Crippen molar-refractivity contribution in [3.05, 3.63) is 29.0 Å². The average molecular weight is 187 g/mol. The zero-order valence-electron chi connectivity index (χ0n) is 6.83. The van der Waals surface area contributed by atoms with Gasteiger partial charge in [-0.1, -0.05) is 17.7 Å². The summed E-state index contributed by atoms with van der Waals surface area (Å²) in [6.45, 7) is 0.450. The van der Waals surface area contributed by atoms with E-state index in [1.54, 1.807) is 19.4 Å². The summed E-state index contributed by atoms with van der Waals surface area (Å²) in [5.74, 6) is 0. The Morgan fingerprint density at radius 3 is 3.08 bits per heavy atom. The second-order valence-corrected chi connectivity index (χ2v) is 2.80. The molecule has 1 aromatic rings. The molecular formula is C8H11ClN2O. The van der Waals surface area contributed by atoms with Crippen molar-refractivity contribution in [3.8, 4) is 0 Å². The van der Waals surface area contributed by atoms with E-state index in [0.29, 0.717) is 11.8 Å². The van der Waals surface area contributed by atoms with Crippen LogP contribution in [0.15, 0.2) is 18.3 Å². The Kier molecular flexibility index (Phi) is 3.47. The first kappa shape index (κ1) is 9.45. The molecule has 0 aromatic carbocycles. The fraction of sp³-hybridized carbons (Fsp3) is 0.375. The van der Waals surface area contributed by atoms with Crippen LogP contribution in [0.25, 0.3) is 0 Å². The number of halogens is 1. The number of hydrogen-bond donors (Lipinski definition) is 1. The Bertz CT molecular complexity index is 255. The second-order valence-electron chi connectivity index (χ2n) is 2.45. The van der Waals surface area contributed by atoms with E-state index >= 15 is 0 Å². The first-order chi connectivity index (χ1) is 5.75. The Morgan fingerprint density at radius 1 is 1.75 bits per heavy atom. The molecular weight excluding hydrogens is 176 g/mol. The molecule has 1 heterocycles. The minimum Gasteiger partial charge on any atom is -0.383 e. The van der Waals surface area contributed by atoms with Crippen molar-refractivity contribution in [1.29, 1.82) is 0 Å². The smallest absolute Gasteiger partial charge is 0.133 e. The number of pyridine rings is 1. The molecule has 0 spiro atoms. The molecule has 0 fully saturated rings. The Labute approximate surface area is 76.5 Å². The summed E-state index contributed by atoms with van der Waals surface area (Å²) in [4.78, 5) is 3.91. The Morgan fingerprint density at radius 2 is 2.50 bits per heavy atom. The molecule has 0 aliphatic heterocycles. The van der Waals surface area contributed by atoms with Crippen LogP contribution in [-0.2, 0) is 4.74 Å². The van der Waals surface area contributed by atoms with Crippen molar-refractivity contribution >= 4 is 11.6 Å². The third kappa shape index (κ3) is 2.17. The number of ether oxygens (including phenoxy) is 1. The van der Waals surface area contributed by atoms with E-state index in [4.69, 9.17) is 22.1 Å². The molecule has 4 heteroatoms. The van der Waals surface area contributed by atoms with Gasteiger partial charge >= 0.3 is 0 Å². The minimum atomic E-state index is -0.198. The number of nitrogens with two attached hydrogens (primary N) is 1. The van der Waals surface area contributed by atoms with Crippen LogP contribution in [0.3, 0.4) is 0 Å². The van der Waals surface area contributed by atoms with Gasteiger partial charge in [0.05, 0.1) is 12.6 Å². The highest BCUT2D eigenvalue weighted by Gasteiger charge is 2.09. The summed E-state index contributed by atoms with van der Waals surface area (Å²) in [6.07, 6.45) is 1.63. The Balaban J connectivity index is 2.79. The SMILES string of the molecule is COC[C@H](N)c1cccnc1Cl. The van der Waals surface area contributed by atoms with Gasteiger partial charge in [-0.05, 0) is 6.07 Å². The van der Waals surface area contributed by atoms with Gasteiger partial charge in [0.15, 0.2) is 0 Å². The number of nitrogens with zero attached hydrogens (tertiary/aromatic N) is 1. The molecule has 3 nitrogen and oxygen atoms in total. The van der Waals surface area contributed by atoms with Gasteiger partial charge in [-0.25, -0.2) is 4.98 Å². The Hall–Kier alpha value is -0.640. The van der Waals surface area contributed by atoms with Crippen molar-refractivity contribution in [1.82, 2.24) is 4.98 Å². The molecule has 0 unspecified atom stereocenters. The highest BCUT2D eigenvalue weighted by Crippen LogP contribution is 2.18.